The number of carbonyl (C=O) groups is 2. The molecule has 2 amide bonds. The highest BCUT2D eigenvalue weighted by Gasteiger charge is 2.09. The minimum absolute atomic E-state index is 0.238. The molecule has 0 aliphatic rings. The van der Waals surface area contributed by atoms with Crippen molar-refractivity contribution in [3.05, 3.63) is 46.6 Å². The zero-order chi connectivity index (χ0) is 13.7. The van der Waals surface area contributed by atoms with E-state index in [1.807, 2.05) is 0 Å². The van der Waals surface area contributed by atoms with Crippen LogP contribution in [0.5, 0.6) is 0 Å². The Bertz CT molecular complexity index is 563. The highest BCUT2D eigenvalue weighted by molar-refractivity contribution is 9.10. The summed E-state index contributed by atoms with van der Waals surface area (Å²) in [7, 11) is 0. The largest absolute Gasteiger partial charge is 0.469 e. The number of aryl methyl sites for hydroxylation is 1. The number of halogens is 1. The van der Waals surface area contributed by atoms with Crippen molar-refractivity contribution in [1.82, 2.24) is 15.8 Å². The third-order valence-electron chi connectivity index (χ3n) is 2.39. The molecule has 6 nitrogen and oxygen atoms in total. The summed E-state index contributed by atoms with van der Waals surface area (Å²) in [5, 5.41) is 0. The maximum atomic E-state index is 11.6. The van der Waals surface area contributed by atoms with Gasteiger partial charge < -0.3 is 9.40 Å². The van der Waals surface area contributed by atoms with Crippen molar-refractivity contribution in [3.8, 4) is 0 Å². The second kappa shape index (κ2) is 6.24. The van der Waals surface area contributed by atoms with Gasteiger partial charge in [0.05, 0.1) is 6.26 Å². The van der Waals surface area contributed by atoms with Gasteiger partial charge in [0, 0.05) is 23.5 Å². The predicted octanol–water partition coefficient (Wildman–Crippen LogP) is 1.76. The molecule has 3 N–H and O–H groups in total. The number of furan rings is 1. The number of hydrazine groups is 1. The average Bonchev–Trinajstić information content (AvgIpc) is 3.04. The molecular weight excluding hydrogens is 314 g/mol. The lowest BCUT2D eigenvalue weighted by atomic mass is 10.2. The number of amides is 2. The molecule has 19 heavy (non-hydrogen) atoms. The first-order valence-corrected chi connectivity index (χ1v) is 6.40. The fourth-order valence-electron chi connectivity index (χ4n) is 1.45. The lowest BCUT2D eigenvalue weighted by Crippen LogP contribution is -2.41. The fourth-order valence-corrected chi connectivity index (χ4v) is 1.79. The molecule has 0 aliphatic carbocycles. The Kier molecular flexibility index (Phi) is 4.40. The van der Waals surface area contributed by atoms with Crippen molar-refractivity contribution < 1.29 is 14.0 Å². The van der Waals surface area contributed by atoms with E-state index < -0.39 is 5.91 Å². The van der Waals surface area contributed by atoms with Gasteiger partial charge in [0.2, 0.25) is 5.91 Å². The van der Waals surface area contributed by atoms with E-state index in [0.717, 1.165) is 10.2 Å². The van der Waals surface area contributed by atoms with Gasteiger partial charge in [-0.25, -0.2) is 0 Å². The minimum Gasteiger partial charge on any atom is -0.469 e. The number of hydrogen-bond donors (Lipinski definition) is 3. The first-order valence-electron chi connectivity index (χ1n) is 5.60. The van der Waals surface area contributed by atoms with Gasteiger partial charge >= 0.3 is 0 Å². The molecule has 0 aromatic carbocycles. The van der Waals surface area contributed by atoms with Crippen LogP contribution in [0.3, 0.4) is 0 Å². The summed E-state index contributed by atoms with van der Waals surface area (Å²) in [5.41, 5.74) is 5.02. The number of hydrogen-bond acceptors (Lipinski definition) is 3. The molecule has 2 aromatic heterocycles. The highest BCUT2D eigenvalue weighted by atomic mass is 79.9. The van der Waals surface area contributed by atoms with Crippen LogP contribution in [0.15, 0.2) is 39.5 Å². The van der Waals surface area contributed by atoms with Gasteiger partial charge in [-0.2, -0.15) is 0 Å². The Labute approximate surface area is 117 Å². The number of nitrogens with one attached hydrogen (secondary N) is 3. The molecule has 0 atom stereocenters. The van der Waals surface area contributed by atoms with Crippen LogP contribution in [0.2, 0.25) is 0 Å². The van der Waals surface area contributed by atoms with Crippen LogP contribution >= 0.6 is 15.9 Å². The summed E-state index contributed by atoms with van der Waals surface area (Å²) in [4.78, 5) is 25.8. The Hall–Kier alpha value is -2.02. The SMILES string of the molecule is O=C(CCc1ccco1)NNC(=O)c1cc(Br)c[nH]1. The van der Waals surface area contributed by atoms with Crippen LogP contribution in [-0.2, 0) is 11.2 Å². The quantitative estimate of drug-likeness (QED) is 0.748. The van der Waals surface area contributed by atoms with Crippen molar-refractivity contribution >= 4 is 27.7 Å². The molecule has 7 heteroatoms. The number of rotatable bonds is 4. The van der Waals surface area contributed by atoms with E-state index in [9.17, 15) is 9.59 Å². The van der Waals surface area contributed by atoms with Crippen LogP contribution in [0.25, 0.3) is 0 Å². The Morgan fingerprint density at radius 1 is 1.37 bits per heavy atom. The molecule has 0 bridgehead atoms. The Morgan fingerprint density at radius 3 is 2.84 bits per heavy atom. The monoisotopic (exact) mass is 325 g/mol. The molecule has 0 saturated heterocycles. The second-order valence-electron chi connectivity index (χ2n) is 3.81. The number of aromatic amines is 1. The number of carbonyl (C=O) groups excluding carboxylic acids is 2. The van der Waals surface area contributed by atoms with Crippen LogP contribution in [0.4, 0.5) is 0 Å². The molecule has 0 aliphatic heterocycles. The van der Waals surface area contributed by atoms with E-state index in [1.54, 1.807) is 30.7 Å². The lowest BCUT2D eigenvalue weighted by Gasteiger charge is -2.05. The predicted molar refractivity (Wildman–Crippen MR) is 71.1 cm³/mol. The zero-order valence-corrected chi connectivity index (χ0v) is 11.5. The van der Waals surface area contributed by atoms with E-state index >= 15 is 0 Å². The van der Waals surface area contributed by atoms with Crippen molar-refractivity contribution in [1.29, 1.82) is 0 Å². The molecule has 0 saturated carbocycles. The van der Waals surface area contributed by atoms with Gasteiger partial charge in [-0.15, -0.1) is 0 Å². The third-order valence-corrected chi connectivity index (χ3v) is 2.84. The third kappa shape index (κ3) is 3.99. The molecule has 0 fully saturated rings. The summed E-state index contributed by atoms with van der Waals surface area (Å²) < 4.78 is 5.87. The van der Waals surface area contributed by atoms with Crippen molar-refractivity contribution in [3.63, 3.8) is 0 Å². The minimum atomic E-state index is -0.406. The molecule has 2 aromatic rings. The van der Waals surface area contributed by atoms with Gasteiger partial charge in [0.15, 0.2) is 0 Å². The molecule has 2 rings (SSSR count). The summed E-state index contributed by atoms with van der Waals surface area (Å²) in [6.45, 7) is 0. The van der Waals surface area contributed by atoms with E-state index in [0.29, 0.717) is 12.1 Å². The Morgan fingerprint density at radius 2 is 2.21 bits per heavy atom. The summed E-state index contributed by atoms with van der Waals surface area (Å²) >= 11 is 3.22. The first kappa shape index (κ1) is 13.4. The molecule has 100 valence electrons. The van der Waals surface area contributed by atoms with Gasteiger partial charge in [-0.1, -0.05) is 0 Å². The fraction of sp³-hybridized carbons (Fsp3) is 0.167. The average molecular weight is 326 g/mol. The van der Waals surface area contributed by atoms with Gasteiger partial charge in [0.1, 0.15) is 11.5 Å². The standard InChI is InChI=1S/C12H12BrN3O3/c13-8-6-10(14-7-8)12(18)16-15-11(17)4-3-9-2-1-5-19-9/h1-2,5-7,14H,3-4H2,(H,15,17)(H,16,18). The van der Waals surface area contributed by atoms with E-state index in [1.165, 1.54) is 0 Å². The highest BCUT2D eigenvalue weighted by Crippen LogP contribution is 2.10. The molecule has 0 unspecified atom stereocenters. The van der Waals surface area contributed by atoms with Crippen molar-refractivity contribution in [2.45, 2.75) is 12.8 Å². The smallest absolute Gasteiger partial charge is 0.286 e. The van der Waals surface area contributed by atoms with E-state index in [-0.39, 0.29) is 12.3 Å². The van der Waals surface area contributed by atoms with Crippen LogP contribution < -0.4 is 10.9 Å². The molecule has 0 radical (unpaired) electrons. The van der Waals surface area contributed by atoms with Crippen LogP contribution in [-0.4, -0.2) is 16.8 Å². The van der Waals surface area contributed by atoms with Gasteiger partial charge in [-0.05, 0) is 34.1 Å². The van der Waals surface area contributed by atoms with E-state index in [4.69, 9.17) is 4.42 Å². The van der Waals surface area contributed by atoms with Crippen molar-refractivity contribution in [2.75, 3.05) is 0 Å². The summed E-state index contributed by atoms with van der Waals surface area (Å²) in [5.74, 6) is 0.0437. The Balaban J connectivity index is 1.73. The number of aromatic nitrogens is 1. The number of H-pyrrole nitrogens is 1. The second-order valence-corrected chi connectivity index (χ2v) is 4.73. The van der Waals surface area contributed by atoms with Crippen LogP contribution in [0, 0.1) is 0 Å². The first-order chi connectivity index (χ1) is 9.15. The molecule has 0 spiro atoms. The summed E-state index contributed by atoms with van der Waals surface area (Å²) in [6.07, 6.45) is 3.91. The molecule has 2 heterocycles. The van der Waals surface area contributed by atoms with E-state index in [2.05, 4.69) is 31.8 Å². The maximum absolute atomic E-state index is 11.6. The normalized spacial score (nSPS) is 10.2. The summed E-state index contributed by atoms with van der Waals surface area (Å²) in [6, 6.07) is 5.17. The molecular formula is C12H12BrN3O3. The topological polar surface area (TPSA) is 87.1 Å². The maximum Gasteiger partial charge on any atom is 0.286 e. The van der Waals surface area contributed by atoms with Crippen molar-refractivity contribution in [2.24, 2.45) is 0 Å². The van der Waals surface area contributed by atoms with Gasteiger partial charge in [-0.3, -0.25) is 20.4 Å². The zero-order valence-electron chi connectivity index (χ0n) is 9.90. The van der Waals surface area contributed by atoms with Crippen LogP contribution in [0.1, 0.15) is 22.7 Å². The van der Waals surface area contributed by atoms with Gasteiger partial charge in [0.25, 0.3) is 5.91 Å². The lowest BCUT2D eigenvalue weighted by molar-refractivity contribution is -0.121.